The Kier molecular flexibility index (Phi) is 10.1. The van der Waals surface area contributed by atoms with Crippen molar-refractivity contribution in [1.29, 1.82) is 0 Å². The van der Waals surface area contributed by atoms with Crippen LogP contribution >= 0.6 is 23.2 Å². The maximum atomic E-state index is 12.1. The van der Waals surface area contributed by atoms with Crippen molar-refractivity contribution in [3.8, 4) is 0 Å². The molecule has 0 amide bonds. The van der Waals surface area contributed by atoms with Gasteiger partial charge >= 0.3 is 9.17 Å². The lowest BCUT2D eigenvalue weighted by atomic mass is 10.1. The second-order valence-corrected chi connectivity index (χ2v) is 7.51. The first kappa shape index (κ1) is 20.2. The number of halogens is 2. The van der Waals surface area contributed by atoms with Gasteiger partial charge in [0.1, 0.15) is 0 Å². The zero-order valence-corrected chi connectivity index (χ0v) is 15.6. The van der Waals surface area contributed by atoms with Gasteiger partial charge in [-0.05, 0) is 0 Å². The summed E-state index contributed by atoms with van der Waals surface area (Å²) in [6.07, 6.45) is 6.09. The van der Waals surface area contributed by atoms with Gasteiger partial charge in [0, 0.05) is 25.7 Å². The van der Waals surface area contributed by atoms with Gasteiger partial charge in [-0.3, -0.25) is 4.46 Å². The van der Waals surface area contributed by atoms with Gasteiger partial charge < -0.3 is 8.85 Å². The Morgan fingerprint density at radius 2 is 1.00 bits per heavy atom. The van der Waals surface area contributed by atoms with E-state index in [-0.39, 0.29) is 0 Å². The predicted molar refractivity (Wildman–Crippen MR) is 85.4 cm³/mol. The third-order valence-corrected chi connectivity index (χ3v) is 5.31. The molecule has 20 heavy (non-hydrogen) atoms. The maximum absolute atomic E-state index is 12.1. The predicted octanol–water partition coefficient (Wildman–Crippen LogP) is 5.51. The fraction of sp³-hybridized carbons (Fsp3) is 1.00. The fourth-order valence-electron chi connectivity index (χ4n) is 2.27. The average Bonchev–Trinajstić information content (AvgIpc) is 2.28. The topological polar surface area (TPSA) is 35.5 Å². The molecule has 0 unspecified atom stereocenters. The summed E-state index contributed by atoms with van der Waals surface area (Å²) in [5.74, 6) is 0. The number of hydrogen-bond acceptors (Lipinski definition) is 3. The van der Waals surface area contributed by atoms with Crippen LogP contribution in [0.3, 0.4) is 0 Å². The van der Waals surface area contributed by atoms with E-state index in [4.69, 9.17) is 32.1 Å². The summed E-state index contributed by atoms with van der Waals surface area (Å²) in [6, 6.07) is 0. The van der Waals surface area contributed by atoms with E-state index in [1.54, 1.807) is 0 Å². The average molecular weight is 343 g/mol. The highest BCUT2D eigenvalue weighted by atomic mass is 35.5. The van der Waals surface area contributed by atoms with E-state index >= 15 is 0 Å². The van der Waals surface area contributed by atoms with Crippen molar-refractivity contribution in [3.63, 3.8) is 0 Å². The molecule has 0 aromatic rings. The first-order chi connectivity index (χ1) is 9.34. The van der Waals surface area contributed by atoms with Crippen molar-refractivity contribution in [2.45, 2.75) is 89.2 Å². The summed E-state index contributed by atoms with van der Waals surface area (Å²) < 4.78 is 23.2. The lowest BCUT2D eigenvalue weighted by molar-refractivity contribution is 0.0296. The van der Waals surface area contributed by atoms with Gasteiger partial charge in [-0.15, -0.1) is 0 Å². The van der Waals surface area contributed by atoms with E-state index in [1.165, 1.54) is 0 Å². The Morgan fingerprint density at radius 1 is 0.750 bits per heavy atom. The normalized spacial score (nSPS) is 12.3. The van der Waals surface area contributed by atoms with Crippen molar-refractivity contribution in [1.82, 2.24) is 0 Å². The Balaban J connectivity index is 4.63. The van der Waals surface area contributed by atoms with Crippen molar-refractivity contribution < 1.29 is 13.3 Å². The number of rotatable bonds is 12. The second kappa shape index (κ2) is 10.0. The molecule has 3 nitrogen and oxygen atoms in total. The standard InChI is InChI=1S/C14H28Cl2O3Si/c1-5-9-13(15,10-6-2)18-20(17)19-14(16,11-7-3)12-8-4/h5-12H2,1-4H3. The Labute approximate surface area is 135 Å². The Bertz CT molecular complexity index is 250. The lowest BCUT2D eigenvalue weighted by Crippen LogP contribution is -2.37. The Morgan fingerprint density at radius 3 is 1.20 bits per heavy atom. The molecule has 0 fully saturated rings. The Hall–Kier alpha value is 0.197. The highest BCUT2D eigenvalue weighted by molar-refractivity contribution is 6.33. The van der Waals surface area contributed by atoms with E-state index in [9.17, 15) is 4.46 Å². The van der Waals surface area contributed by atoms with Gasteiger partial charge in [0.2, 0.25) is 0 Å². The largest absolute Gasteiger partial charge is 0.769 e. The molecule has 0 rings (SSSR count). The minimum absolute atomic E-state index is 0.652. The van der Waals surface area contributed by atoms with Gasteiger partial charge in [0.05, 0.1) is 0 Å². The third kappa shape index (κ3) is 7.84. The monoisotopic (exact) mass is 342 g/mol. The molecule has 0 aliphatic heterocycles. The minimum Gasteiger partial charge on any atom is -0.477 e. The van der Waals surface area contributed by atoms with Gasteiger partial charge in [0.25, 0.3) is 0 Å². The fourth-order valence-corrected chi connectivity index (χ4v) is 4.45. The van der Waals surface area contributed by atoms with Gasteiger partial charge in [-0.2, -0.15) is 0 Å². The molecule has 0 aromatic carbocycles. The van der Waals surface area contributed by atoms with Gasteiger partial charge in [-0.1, -0.05) is 76.6 Å². The van der Waals surface area contributed by atoms with E-state index in [2.05, 4.69) is 0 Å². The molecule has 0 bridgehead atoms. The van der Waals surface area contributed by atoms with Crippen LogP contribution < -0.4 is 0 Å². The second-order valence-electron chi connectivity index (χ2n) is 5.22. The summed E-state index contributed by atoms with van der Waals surface area (Å²) in [5, 5.41) is -1.79. The van der Waals surface area contributed by atoms with Crippen LogP contribution in [0.1, 0.15) is 79.1 Å². The van der Waals surface area contributed by atoms with Gasteiger partial charge in [-0.25, -0.2) is 0 Å². The molecule has 0 atom stereocenters. The number of hydrogen-bond donors (Lipinski definition) is 0. The van der Waals surface area contributed by atoms with Gasteiger partial charge in [0.15, 0.2) is 10.1 Å². The molecule has 0 N–H and O–H groups in total. The van der Waals surface area contributed by atoms with E-state index in [0.29, 0.717) is 25.7 Å². The van der Waals surface area contributed by atoms with E-state index in [0.717, 1.165) is 25.7 Å². The molecule has 0 aliphatic carbocycles. The SMILES string of the molecule is CCCC(Cl)(CCC)O[Si](=O)OC(Cl)(CCC)CCC. The molecule has 0 saturated heterocycles. The zero-order valence-electron chi connectivity index (χ0n) is 13.1. The molecule has 6 heteroatoms. The molecule has 120 valence electrons. The van der Waals surface area contributed by atoms with Crippen molar-refractivity contribution in [2.75, 3.05) is 0 Å². The van der Waals surface area contributed by atoms with Crippen LogP contribution in [-0.2, 0) is 13.3 Å². The molecule has 0 aromatic heterocycles. The molecule has 0 heterocycles. The summed E-state index contributed by atoms with van der Waals surface area (Å²) in [6.45, 7) is 8.09. The highest BCUT2D eigenvalue weighted by Crippen LogP contribution is 2.32. The molecule has 0 aliphatic rings. The van der Waals surface area contributed by atoms with Crippen molar-refractivity contribution >= 4 is 32.4 Å². The van der Waals surface area contributed by atoms with Crippen molar-refractivity contribution in [3.05, 3.63) is 0 Å². The van der Waals surface area contributed by atoms with Crippen LogP contribution in [0.15, 0.2) is 0 Å². The summed E-state index contributed by atoms with van der Waals surface area (Å²) >= 11 is 12.8. The summed E-state index contributed by atoms with van der Waals surface area (Å²) in [5.41, 5.74) is 0. The maximum Gasteiger partial charge on any atom is 0.769 e. The van der Waals surface area contributed by atoms with Crippen LogP contribution in [0.5, 0.6) is 0 Å². The van der Waals surface area contributed by atoms with Crippen LogP contribution in [0.2, 0.25) is 0 Å². The van der Waals surface area contributed by atoms with Crippen LogP contribution in [0.25, 0.3) is 0 Å². The van der Waals surface area contributed by atoms with Crippen LogP contribution in [0, 0.1) is 0 Å². The van der Waals surface area contributed by atoms with Crippen LogP contribution in [0.4, 0.5) is 0 Å². The van der Waals surface area contributed by atoms with E-state index < -0.39 is 19.3 Å². The van der Waals surface area contributed by atoms with E-state index in [1.807, 2.05) is 27.7 Å². The molecule has 0 saturated carbocycles. The minimum atomic E-state index is -2.70. The van der Waals surface area contributed by atoms with Crippen LogP contribution in [-0.4, -0.2) is 19.3 Å². The summed E-state index contributed by atoms with van der Waals surface area (Å²) in [7, 11) is -2.70. The quantitative estimate of drug-likeness (QED) is 0.346. The molecule has 0 spiro atoms. The number of alkyl halides is 2. The zero-order chi connectivity index (χ0) is 15.6. The van der Waals surface area contributed by atoms with Crippen molar-refractivity contribution in [2.24, 2.45) is 0 Å². The molecule has 0 radical (unpaired) electrons. The third-order valence-electron chi connectivity index (χ3n) is 3.03. The smallest absolute Gasteiger partial charge is 0.477 e. The highest BCUT2D eigenvalue weighted by Gasteiger charge is 2.37. The molecular weight excluding hydrogens is 315 g/mol. The first-order valence-electron chi connectivity index (χ1n) is 7.64. The molecular formula is C14H28Cl2O3Si. The first-order valence-corrected chi connectivity index (χ1v) is 9.62. The lowest BCUT2D eigenvalue weighted by Gasteiger charge is -2.31. The summed E-state index contributed by atoms with van der Waals surface area (Å²) in [4.78, 5) is 0.